The molecule has 0 radical (unpaired) electrons. The molecule has 0 aliphatic heterocycles. The highest BCUT2D eigenvalue weighted by Crippen LogP contribution is 2.33. The van der Waals surface area contributed by atoms with Gasteiger partial charge in [0.15, 0.2) is 0 Å². The summed E-state index contributed by atoms with van der Waals surface area (Å²) in [4.78, 5) is 4.73. The monoisotopic (exact) mass is 394 g/mol. The lowest BCUT2D eigenvalue weighted by molar-refractivity contribution is 0.800. The summed E-state index contributed by atoms with van der Waals surface area (Å²) >= 11 is 12.3. The summed E-state index contributed by atoms with van der Waals surface area (Å²) in [5, 5.41) is 2.39. The van der Waals surface area contributed by atoms with Gasteiger partial charge in [-0.3, -0.25) is 4.98 Å². The zero-order valence-corrected chi connectivity index (χ0v) is 17.1. The van der Waals surface area contributed by atoms with E-state index in [2.05, 4.69) is 55.7 Å². The molecular formula is C23H20Cl2N2. The number of aryl methyl sites for hydroxylation is 2. The molecule has 2 nitrogen and oxygen atoms in total. The van der Waals surface area contributed by atoms with Crippen LogP contribution in [0.15, 0.2) is 54.7 Å². The highest BCUT2D eigenvalue weighted by atomic mass is 35.5. The van der Waals surface area contributed by atoms with Crippen molar-refractivity contribution in [2.45, 2.75) is 27.3 Å². The van der Waals surface area contributed by atoms with Gasteiger partial charge in [-0.15, -0.1) is 0 Å². The average Bonchev–Trinajstić information content (AvgIpc) is 2.90. The van der Waals surface area contributed by atoms with Crippen LogP contribution in [0.25, 0.3) is 22.2 Å². The third-order valence-electron chi connectivity index (χ3n) is 5.20. The van der Waals surface area contributed by atoms with Crippen molar-refractivity contribution in [1.82, 2.24) is 9.55 Å². The number of hydrogen-bond donors (Lipinski definition) is 0. The van der Waals surface area contributed by atoms with Gasteiger partial charge in [0.1, 0.15) is 0 Å². The van der Waals surface area contributed by atoms with Crippen molar-refractivity contribution < 1.29 is 0 Å². The highest BCUT2D eigenvalue weighted by molar-refractivity contribution is 6.42. The Morgan fingerprint density at radius 2 is 1.63 bits per heavy atom. The summed E-state index contributed by atoms with van der Waals surface area (Å²) in [5.74, 6) is 0. The van der Waals surface area contributed by atoms with E-state index in [0.717, 1.165) is 28.9 Å². The van der Waals surface area contributed by atoms with E-state index < -0.39 is 0 Å². The van der Waals surface area contributed by atoms with Crippen LogP contribution in [0.1, 0.15) is 22.4 Å². The molecule has 2 aromatic carbocycles. The van der Waals surface area contributed by atoms with E-state index in [1.807, 2.05) is 24.4 Å². The number of benzene rings is 2. The zero-order chi connectivity index (χ0) is 19.1. The van der Waals surface area contributed by atoms with Gasteiger partial charge in [-0.25, -0.2) is 0 Å². The molecule has 0 aliphatic rings. The smallest absolute Gasteiger partial charge is 0.0945 e. The van der Waals surface area contributed by atoms with Crippen molar-refractivity contribution in [2.24, 2.45) is 0 Å². The van der Waals surface area contributed by atoms with Gasteiger partial charge in [-0.1, -0.05) is 59.1 Å². The molecule has 0 N–H and O–H groups in total. The normalized spacial score (nSPS) is 11.3. The second-order valence-corrected chi connectivity index (χ2v) is 7.78. The number of rotatable bonds is 3. The van der Waals surface area contributed by atoms with Crippen molar-refractivity contribution in [1.29, 1.82) is 0 Å². The van der Waals surface area contributed by atoms with Crippen molar-refractivity contribution >= 4 is 34.1 Å². The van der Waals surface area contributed by atoms with Gasteiger partial charge in [0.25, 0.3) is 0 Å². The predicted molar refractivity (Wildman–Crippen MR) is 115 cm³/mol. The first-order chi connectivity index (χ1) is 13.0. The minimum atomic E-state index is 0.577. The average molecular weight is 395 g/mol. The van der Waals surface area contributed by atoms with Crippen molar-refractivity contribution in [2.75, 3.05) is 0 Å². The van der Waals surface area contributed by atoms with Gasteiger partial charge in [0.2, 0.25) is 0 Å². The molecule has 2 aromatic heterocycles. The first-order valence-corrected chi connectivity index (χ1v) is 9.66. The van der Waals surface area contributed by atoms with Crippen molar-refractivity contribution in [3.8, 4) is 11.3 Å². The number of hydrogen-bond acceptors (Lipinski definition) is 1. The van der Waals surface area contributed by atoms with Crippen LogP contribution in [-0.4, -0.2) is 9.55 Å². The lowest BCUT2D eigenvalue weighted by Gasteiger charge is -2.12. The Morgan fingerprint density at radius 1 is 0.889 bits per heavy atom. The quantitative estimate of drug-likeness (QED) is 0.366. The largest absolute Gasteiger partial charge is 0.338 e. The van der Waals surface area contributed by atoms with E-state index in [4.69, 9.17) is 28.2 Å². The second kappa shape index (κ2) is 7.03. The molecule has 4 heteroatoms. The summed E-state index contributed by atoms with van der Waals surface area (Å²) < 4.78 is 2.33. The zero-order valence-electron chi connectivity index (χ0n) is 15.6. The van der Waals surface area contributed by atoms with Gasteiger partial charge in [0, 0.05) is 29.4 Å². The van der Waals surface area contributed by atoms with Gasteiger partial charge in [0.05, 0.1) is 21.3 Å². The molecule has 0 unspecified atom stereocenters. The standard InChI is InChI=1S/C23H20Cl2N2/c1-14-4-7-18(8-5-14)22-23-19(10-11-26-22)15(2)16(3)27(23)13-17-6-9-20(24)21(25)12-17/h4-12H,13H2,1-3H3. The molecule has 0 atom stereocenters. The Kier molecular flexibility index (Phi) is 4.71. The van der Waals surface area contributed by atoms with E-state index in [9.17, 15) is 0 Å². The molecule has 4 rings (SSSR count). The topological polar surface area (TPSA) is 17.8 Å². The highest BCUT2D eigenvalue weighted by Gasteiger charge is 2.16. The van der Waals surface area contributed by atoms with Gasteiger partial charge < -0.3 is 4.57 Å². The molecule has 0 aliphatic carbocycles. The number of pyridine rings is 1. The molecule has 0 saturated heterocycles. The lowest BCUT2D eigenvalue weighted by Crippen LogP contribution is -2.03. The van der Waals surface area contributed by atoms with E-state index >= 15 is 0 Å². The van der Waals surface area contributed by atoms with Crippen LogP contribution in [0.2, 0.25) is 10.0 Å². The van der Waals surface area contributed by atoms with Crippen LogP contribution >= 0.6 is 23.2 Å². The fraction of sp³-hybridized carbons (Fsp3) is 0.174. The van der Waals surface area contributed by atoms with Crippen LogP contribution in [0.4, 0.5) is 0 Å². The number of halogens is 2. The Bertz CT molecular complexity index is 1140. The van der Waals surface area contributed by atoms with Crippen LogP contribution in [-0.2, 0) is 6.54 Å². The maximum Gasteiger partial charge on any atom is 0.0945 e. The molecule has 0 amide bonds. The first kappa shape index (κ1) is 18.1. The molecule has 0 saturated carbocycles. The summed E-state index contributed by atoms with van der Waals surface area (Å²) in [5.41, 5.74) is 8.15. The molecule has 136 valence electrons. The maximum absolute atomic E-state index is 6.23. The minimum Gasteiger partial charge on any atom is -0.338 e. The molecular weight excluding hydrogens is 375 g/mol. The van der Waals surface area contributed by atoms with Crippen LogP contribution < -0.4 is 0 Å². The van der Waals surface area contributed by atoms with Crippen LogP contribution in [0, 0.1) is 20.8 Å². The van der Waals surface area contributed by atoms with E-state index in [1.54, 1.807) is 0 Å². The molecule has 4 aromatic rings. The molecule has 0 spiro atoms. The van der Waals surface area contributed by atoms with Gasteiger partial charge >= 0.3 is 0 Å². The summed E-state index contributed by atoms with van der Waals surface area (Å²) in [6, 6.07) is 16.4. The van der Waals surface area contributed by atoms with E-state index in [-0.39, 0.29) is 0 Å². The molecule has 0 bridgehead atoms. The third kappa shape index (κ3) is 3.24. The predicted octanol–water partition coefficient (Wildman–Crippen LogP) is 6.98. The second-order valence-electron chi connectivity index (χ2n) is 6.97. The van der Waals surface area contributed by atoms with Crippen molar-refractivity contribution in [3.63, 3.8) is 0 Å². The Hall–Kier alpha value is -2.29. The van der Waals surface area contributed by atoms with Gasteiger partial charge in [-0.05, 0) is 50.1 Å². The Morgan fingerprint density at radius 3 is 2.33 bits per heavy atom. The Balaban J connectivity index is 1.92. The maximum atomic E-state index is 6.23. The summed E-state index contributed by atoms with van der Waals surface area (Å²) in [6.07, 6.45) is 1.90. The van der Waals surface area contributed by atoms with Crippen LogP contribution in [0.5, 0.6) is 0 Å². The van der Waals surface area contributed by atoms with E-state index in [1.165, 1.54) is 22.2 Å². The third-order valence-corrected chi connectivity index (χ3v) is 5.93. The minimum absolute atomic E-state index is 0.577. The first-order valence-electron chi connectivity index (χ1n) is 8.91. The fourth-order valence-corrected chi connectivity index (χ4v) is 3.86. The SMILES string of the molecule is Cc1ccc(-c2nccc3c(C)c(C)n(Cc4ccc(Cl)c(Cl)c4)c23)cc1. The molecule has 0 fully saturated rings. The number of fused-ring (bicyclic) bond motifs is 1. The van der Waals surface area contributed by atoms with Crippen LogP contribution in [0.3, 0.4) is 0 Å². The Labute approximate surface area is 169 Å². The number of nitrogens with zero attached hydrogens (tertiary/aromatic N) is 2. The summed E-state index contributed by atoms with van der Waals surface area (Å²) in [7, 11) is 0. The van der Waals surface area contributed by atoms with Crippen molar-refractivity contribution in [3.05, 3.63) is 87.2 Å². The lowest BCUT2D eigenvalue weighted by atomic mass is 10.1. The fourth-order valence-electron chi connectivity index (χ4n) is 3.54. The van der Waals surface area contributed by atoms with E-state index in [0.29, 0.717) is 10.0 Å². The summed E-state index contributed by atoms with van der Waals surface area (Å²) in [6.45, 7) is 7.14. The molecule has 2 heterocycles. The molecule has 27 heavy (non-hydrogen) atoms. The van der Waals surface area contributed by atoms with Gasteiger partial charge in [-0.2, -0.15) is 0 Å². The number of aromatic nitrogens is 2.